The summed E-state index contributed by atoms with van der Waals surface area (Å²) in [5.74, 6) is 0.796. The van der Waals surface area contributed by atoms with E-state index in [0.717, 1.165) is 24.9 Å². The van der Waals surface area contributed by atoms with E-state index < -0.39 is 0 Å². The molecule has 1 aromatic heterocycles. The van der Waals surface area contributed by atoms with Gasteiger partial charge in [0.15, 0.2) is 0 Å². The quantitative estimate of drug-likeness (QED) is 0.849. The minimum absolute atomic E-state index is 0.796. The molecule has 3 rings (SSSR count). The van der Waals surface area contributed by atoms with Crippen molar-refractivity contribution in [2.45, 2.75) is 64.0 Å². The van der Waals surface area contributed by atoms with Gasteiger partial charge < -0.3 is 5.32 Å². The minimum atomic E-state index is 0.796. The lowest BCUT2D eigenvalue weighted by Crippen LogP contribution is -2.15. The van der Waals surface area contributed by atoms with Gasteiger partial charge in [0.05, 0.1) is 10.7 Å². The largest absolute Gasteiger partial charge is 0.309 e. The van der Waals surface area contributed by atoms with E-state index in [1.165, 1.54) is 47.7 Å². The summed E-state index contributed by atoms with van der Waals surface area (Å²) in [6, 6.07) is 0.805. The average molecular weight is 236 g/mol. The first kappa shape index (κ1) is 10.7. The molecule has 2 aliphatic rings. The molecule has 88 valence electrons. The van der Waals surface area contributed by atoms with E-state index in [-0.39, 0.29) is 0 Å². The zero-order chi connectivity index (χ0) is 11.0. The standard InChI is InChI=1S/C13H20N2S/c1-2-11-12(8-14-10-6-7-10)16-13(15-11)9-4-3-5-9/h9-10,14H,2-8H2,1H3. The Bertz CT molecular complexity index is 364. The molecule has 2 fully saturated rings. The van der Waals surface area contributed by atoms with Gasteiger partial charge in [0.2, 0.25) is 0 Å². The highest BCUT2D eigenvalue weighted by Crippen LogP contribution is 2.39. The van der Waals surface area contributed by atoms with Crippen molar-refractivity contribution in [1.82, 2.24) is 10.3 Å². The van der Waals surface area contributed by atoms with Gasteiger partial charge in [-0.3, -0.25) is 0 Å². The van der Waals surface area contributed by atoms with Crippen molar-refractivity contribution in [3.8, 4) is 0 Å². The molecule has 2 aliphatic carbocycles. The fourth-order valence-corrected chi connectivity index (χ4v) is 3.45. The Balaban J connectivity index is 1.70. The maximum atomic E-state index is 4.83. The van der Waals surface area contributed by atoms with Crippen molar-refractivity contribution in [2.75, 3.05) is 0 Å². The molecule has 1 heterocycles. The van der Waals surface area contributed by atoms with Gasteiger partial charge in [0.25, 0.3) is 0 Å². The molecular weight excluding hydrogens is 216 g/mol. The van der Waals surface area contributed by atoms with Crippen molar-refractivity contribution in [1.29, 1.82) is 0 Å². The Labute approximate surface area is 101 Å². The van der Waals surface area contributed by atoms with Crippen LogP contribution in [0.4, 0.5) is 0 Å². The molecule has 0 amide bonds. The van der Waals surface area contributed by atoms with Gasteiger partial charge >= 0.3 is 0 Å². The molecule has 0 radical (unpaired) electrons. The molecule has 0 aromatic carbocycles. The molecule has 0 bridgehead atoms. The van der Waals surface area contributed by atoms with Crippen LogP contribution in [0.25, 0.3) is 0 Å². The van der Waals surface area contributed by atoms with E-state index in [4.69, 9.17) is 4.98 Å². The van der Waals surface area contributed by atoms with Gasteiger partial charge in [-0.2, -0.15) is 0 Å². The second kappa shape index (κ2) is 4.46. The number of hydrogen-bond donors (Lipinski definition) is 1. The second-order valence-corrected chi connectivity index (χ2v) is 6.17. The van der Waals surface area contributed by atoms with E-state index in [9.17, 15) is 0 Å². The molecule has 1 N–H and O–H groups in total. The third kappa shape index (κ3) is 2.16. The van der Waals surface area contributed by atoms with Crippen LogP contribution >= 0.6 is 11.3 Å². The first-order valence-corrected chi connectivity index (χ1v) is 7.40. The molecule has 3 heteroatoms. The molecule has 0 spiro atoms. The highest BCUT2D eigenvalue weighted by molar-refractivity contribution is 7.11. The lowest BCUT2D eigenvalue weighted by molar-refractivity contribution is 0.418. The molecule has 0 aliphatic heterocycles. The van der Waals surface area contributed by atoms with E-state index in [2.05, 4.69) is 12.2 Å². The Morgan fingerprint density at radius 1 is 1.31 bits per heavy atom. The van der Waals surface area contributed by atoms with Crippen molar-refractivity contribution >= 4 is 11.3 Å². The van der Waals surface area contributed by atoms with E-state index in [1.54, 1.807) is 0 Å². The summed E-state index contributed by atoms with van der Waals surface area (Å²) in [5, 5.41) is 5.02. The number of aromatic nitrogens is 1. The highest BCUT2D eigenvalue weighted by atomic mass is 32.1. The summed E-state index contributed by atoms with van der Waals surface area (Å²) < 4.78 is 0. The summed E-state index contributed by atoms with van der Waals surface area (Å²) in [6.07, 6.45) is 7.97. The topological polar surface area (TPSA) is 24.9 Å². The Kier molecular flexibility index (Phi) is 2.99. The summed E-state index contributed by atoms with van der Waals surface area (Å²) in [4.78, 5) is 6.32. The maximum Gasteiger partial charge on any atom is 0.0962 e. The van der Waals surface area contributed by atoms with Crippen LogP contribution in [0.15, 0.2) is 0 Å². The van der Waals surface area contributed by atoms with Crippen LogP contribution in [0, 0.1) is 0 Å². The van der Waals surface area contributed by atoms with Gasteiger partial charge in [0, 0.05) is 23.4 Å². The number of thiazole rings is 1. The SMILES string of the molecule is CCc1nc(C2CCC2)sc1CNC1CC1. The van der Waals surface area contributed by atoms with Gasteiger partial charge in [-0.25, -0.2) is 4.98 Å². The van der Waals surface area contributed by atoms with E-state index in [1.807, 2.05) is 11.3 Å². The average Bonchev–Trinajstić information content (AvgIpc) is 2.95. The maximum absolute atomic E-state index is 4.83. The number of rotatable bonds is 5. The smallest absolute Gasteiger partial charge is 0.0962 e. The zero-order valence-electron chi connectivity index (χ0n) is 9.96. The van der Waals surface area contributed by atoms with Crippen LogP contribution in [0.2, 0.25) is 0 Å². The lowest BCUT2D eigenvalue weighted by Gasteiger charge is -2.22. The van der Waals surface area contributed by atoms with Crippen molar-refractivity contribution < 1.29 is 0 Å². The van der Waals surface area contributed by atoms with Crippen molar-refractivity contribution in [2.24, 2.45) is 0 Å². The first-order valence-electron chi connectivity index (χ1n) is 6.58. The predicted octanol–water partition coefficient (Wildman–Crippen LogP) is 3.23. The van der Waals surface area contributed by atoms with Crippen molar-refractivity contribution in [3.63, 3.8) is 0 Å². The Hall–Kier alpha value is -0.410. The van der Waals surface area contributed by atoms with Gasteiger partial charge in [-0.05, 0) is 32.1 Å². The summed E-state index contributed by atoms with van der Waals surface area (Å²) in [5.41, 5.74) is 1.35. The number of hydrogen-bond acceptors (Lipinski definition) is 3. The lowest BCUT2D eigenvalue weighted by atomic mass is 9.86. The molecule has 0 saturated heterocycles. The Morgan fingerprint density at radius 3 is 2.69 bits per heavy atom. The molecule has 0 unspecified atom stereocenters. The fraction of sp³-hybridized carbons (Fsp3) is 0.769. The molecular formula is C13H20N2S. The minimum Gasteiger partial charge on any atom is -0.309 e. The van der Waals surface area contributed by atoms with Gasteiger partial charge in [-0.1, -0.05) is 13.3 Å². The number of aryl methyl sites for hydroxylation is 1. The van der Waals surface area contributed by atoms with Crippen LogP contribution in [0.5, 0.6) is 0 Å². The van der Waals surface area contributed by atoms with Gasteiger partial charge in [0.1, 0.15) is 0 Å². The summed E-state index contributed by atoms with van der Waals surface area (Å²) >= 11 is 1.96. The van der Waals surface area contributed by atoms with E-state index in [0.29, 0.717) is 0 Å². The molecule has 0 atom stereocenters. The predicted molar refractivity (Wildman–Crippen MR) is 67.9 cm³/mol. The molecule has 2 nitrogen and oxygen atoms in total. The Morgan fingerprint density at radius 2 is 2.12 bits per heavy atom. The first-order chi connectivity index (χ1) is 7.86. The van der Waals surface area contributed by atoms with E-state index >= 15 is 0 Å². The molecule has 2 saturated carbocycles. The monoisotopic (exact) mass is 236 g/mol. The highest BCUT2D eigenvalue weighted by Gasteiger charge is 2.25. The van der Waals surface area contributed by atoms with Crippen LogP contribution in [0.1, 0.15) is 60.5 Å². The second-order valence-electron chi connectivity index (χ2n) is 5.06. The van der Waals surface area contributed by atoms with Crippen LogP contribution < -0.4 is 5.32 Å². The van der Waals surface area contributed by atoms with Crippen LogP contribution in [-0.4, -0.2) is 11.0 Å². The van der Waals surface area contributed by atoms with Crippen LogP contribution in [-0.2, 0) is 13.0 Å². The zero-order valence-corrected chi connectivity index (χ0v) is 10.8. The third-order valence-electron chi connectivity index (χ3n) is 3.71. The van der Waals surface area contributed by atoms with Crippen molar-refractivity contribution in [3.05, 3.63) is 15.6 Å². The number of nitrogens with zero attached hydrogens (tertiary/aromatic N) is 1. The van der Waals surface area contributed by atoms with Crippen LogP contribution in [0.3, 0.4) is 0 Å². The summed E-state index contributed by atoms with van der Waals surface area (Å²) in [7, 11) is 0. The fourth-order valence-electron chi connectivity index (χ4n) is 2.17. The summed E-state index contributed by atoms with van der Waals surface area (Å²) in [6.45, 7) is 3.28. The third-order valence-corrected chi connectivity index (χ3v) is 4.97. The molecule has 16 heavy (non-hydrogen) atoms. The molecule has 1 aromatic rings. The number of nitrogens with one attached hydrogen (secondary N) is 1. The van der Waals surface area contributed by atoms with Gasteiger partial charge in [-0.15, -0.1) is 11.3 Å². The normalized spacial score (nSPS) is 21.1.